The van der Waals surface area contributed by atoms with Gasteiger partial charge in [-0.15, -0.1) is 0 Å². The maximum absolute atomic E-state index is 5.66. The molecule has 0 saturated heterocycles. The van der Waals surface area contributed by atoms with Crippen molar-refractivity contribution in [2.45, 2.75) is 19.5 Å². The van der Waals surface area contributed by atoms with Crippen molar-refractivity contribution in [2.24, 2.45) is 0 Å². The van der Waals surface area contributed by atoms with E-state index in [1.165, 1.54) is 5.56 Å². The molecule has 0 aliphatic carbocycles. The Morgan fingerprint density at radius 1 is 1.23 bits per heavy atom. The maximum Gasteiger partial charge on any atom is 0.203 e. The fourth-order valence-electron chi connectivity index (χ4n) is 2.47. The minimum absolute atomic E-state index is 0.238. The van der Waals surface area contributed by atoms with E-state index < -0.39 is 0 Å². The second kappa shape index (κ2) is 6.66. The Morgan fingerprint density at radius 2 is 2.00 bits per heavy atom. The fraction of sp³-hybridized carbons (Fsp3) is 0.353. The van der Waals surface area contributed by atoms with Gasteiger partial charge in [0.25, 0.3) is 0 Å². The molecule has 0 saturated carbocycles. The monoisotopic (exact) mass is 300 g/mol. The van der Waals surface area contributed by atoms with E-state index in [1.54, 1.807) is 19.5 Å². The third-order valence-electron chi connectivity index (χ3n) is 3.71. The van der Waals surface area contributed by atoms with Crippen LogP contribution in [0.2, 0.25) is 0 Å². The average molecular weight is 300 g/mol. The molecule has 1 aromatic heterocycles. The van der Waals surface area contributed by atoms with E-state index in [0.29, 0.717) is 24.7 Å². The molecule has 2 heterocycles. The molecule has 0 bridgehead atoms. The highest BCUT2D eigenvalue weighted by Crippen LogP contribution is 2.40. The number of methoxy groups -OCH3 is 1. The minimum Gasteiger partial charge on any atom is -0.493 e. The predicted molar refractivity (Wildman–Crippen MR) is 83.5 cm³/mol. The van der Waals surface area contributed by atoms with Gasteiger partial charge < -0.3 is 19.5 Å². The number of hydrogen-bond donors (Lipinski definition) is 1. The van der Waals surface area contributed by atoms with Gasteiger partial charge in [0.05, 0.1) is 7.11 Å². The number of aromatic nitrogens is 1. The number of rotatable bonds is 5. The lowest BCUT2D eigenvalue weighted by molar-refractivity contribution is 0.165. The summed E-state index contributed by atoms with van der Waals surface area (Å²) < 4.78 is 16.7. The first-order valence-corrected chi connectivity index (χ1v) is 7.37. The fourth-order valence-corrected chi connectivity index (χ4v) is 2.47. The average Bonchev–Trinajstić information content (AvgIpc) is 2.59. The van der Waals surface area contributed by atoms with Gasteiger partial charge in [-0.3, -0.25) is 4.98 Å². The summed E-state index contributed by atoms with van der Waals surface area (Å²) in [5, 5.41) is 3.49. The zero-order valence-corrected chi connectivity index (χ0v) is 12.8. The maximum atomic E-state index is 5.66. The van der Waals surface area contributed by atoms with Crippen molar-refractivity contribution in [3.8, 4) is 17.2 Å². The number of nitrogens with one attached hydrogen (secondary N) is 1. The van der Waals surface area contributed by atoms with Crippen LogP contribution in [0.4, 0.5) is 0 Å². The molecule has 0 radical (unpaired) electrons. The lowest BCUT2D eigenvalue weighted by Crippen LogP contribution is -2.19. The zero-order valence-electron chi connectivity index (χ0n) is 12.8. The van der Waals surface area contributed by atoms with Crippen LogP contribution in [0.5, 0.6) is 17.2 Å². The van der Waals surface area contributed by atoms with Crippen molar-refractivity contribution in [3.05, 3.63) is 47.8 Å². The Balaban J connectivity index is 1.73. The summed E-state index contributed by atoms with van der Waals surface area (Å²) in [6.07, 6.45) is 3.61. The van der Waals surface area contributed by atoms with Gasteiger partial charge in [0, 0.05) is 25.0 Å². The van der Waals surface area contributed by atoms with Crippen molar-refractivity contribution in [1.82, 2.24) is 10.3 Å². The van der Waals surface area contributed by atoms with Gasteiger partial charge >= 0.3 is 0 Å². The normalized spacial score (nSPS) is 14.5. The standard InChI is InChI=1S/C17H20N2O3/c1-12(14-3-5-18-6-4-14)19-11-13-9-15(20-2)17-16(10-13)21-7-8-22-17/h3-6,9-10,12,19H,7-8,11H2,1-2H3/t12-/m1/s1. The molecule has 1 N–H and O–H groups in total. The van der Waals surface area contributed by atoms with Gasteiger partial charge in [-0.25, -0.2) is 0 Å². The Labute approximate surface area is 130 Å². The Morgan fingerprint density at radius 3 is 2.77 bits per heavy atom. The van der Waals surface area contributed by atoms with Crippen molar-refractivity contribution in [1.29, 1.82) is 0 Å². The third kappa shape index (κ3) is 3.14. The van der Waals surface area contributed by atoms with Crippen molar-refractivity contribution in [2.75, 3.05) is 20.3 Å². The summed E-state index contributed by atoms with van der Waals surface area (Å²) in [4.78, 5) is 4.04. The Hall–Kier alpha value is -2.27. The first-order valence-electron chi connectivity index (χ1n) is 7.37. The van der Waals surface area contributed by atoms with Gasteiger partial charge in [-0.05, 0) is 42.3 Å². The Bertz CT molecular complexity index is 614. The largest absolute Gasteiger partial charge is 0.493 e. The van der Waals surface area contributed by atoms with Crippen LogP contribution in [-0.4, -0.2) is 25.3 Å². The van der Waals surface area contributed by atoms with Gasteiger partial charge in [0.1, 0.15) is 13.2 Å². The third-order valence-corrected chi connectivity index (χ3v) is 3.71. The lowest BCUT2D eigenvalue weighted by Gasteiger charge is -2.22. The van der Waals surface area contributed by atoms with Crippen molar-refractivity contribution in [3.63, 3.8) is 0 Å². The summed E-state index contributed by atoms with van der Waals surface area (Å²) >= 11 is 0. The van der Waals surface area contributed by atoms with E-state index in [-0.39, 0.29) is 6.04 Å². The number of benzene rings is 1. The van der Waals surface area contributed by atoms with E-state index in [9.17, 15) is 0 Å². The summed E-state index contributed by atoms with van der Waals surface area (Å²) in [6.45, 7) is 3.97. The van der Waals surface area contributed by atoms with E-state index in [1.807, 2.05) is 24.3 Å². The molecule has 0 unspecified atom stereocenters. The van der Waals surface area contributed by atoms with E-state index in [4.69, 9.17) is 14.2 Å². The first kappa shape index (κ1) is 14.7. The molecule has 1 atom stereocenters. The molecular weight excluding hydrogens is 280 g/mol. The van der Waals surface area contributed by atoms with Crippen LogP contribution in [0.3, 0.4) is 0 Å². The van der Waals surface area contributed by atoms with Gasteiger partial charge in [-0.1, -0.05) is 0 Å². The van der Waals surface area contributed by atoms with Gasteiger partial charge in [0.15, 0.2) is 11.5 Å². The molecule has 5 heteroatoms. The van der Waals surface area contributed by atoms with Crippen LogP contribution in [-0.2, 0) is 6.54 Å². The second-order valence-electron chi connectivity index (χ2n) is 5.21. The highest BCUT2D eigenvalue weighted by atomic mass is 16.6. The highest BCUT2D eigenvalue weighted by molar-refractivity contribution is 5.54. The molecule has 3 rings (SSSR count). The molecule has 1 aliphatic heterocycles. The predicted octanol–water partition coefficient (Wildman–Crippen LogP) is 2.71. The summed E-state index contributed by atoms with van der Waals surface area (Å²) in [7, 11) is 1.64. The van der Waals surface area contributed by atoms with Gasteiger partial charge in [0.2, 0.25) is 5.75 Å². The first-order chi connectivity index (χ1) is 10.8. The minimum atomic E-state index is 0.238. The molecular formula is C17H20N2O3. The molecule has 22 heavy (non-hydrogen) atoms. The molecule has 0 spiro atoms. The van der Waals surface area contributed by atoms with Crippen LogP contribution in [0.25, 0.3) is 0 Å². The molecule has 0 amide bonds. The second-order valence-corrected chi connectivity index (χ2v) is 5.21. The SMILES string of the molecule is COc1cc(CN[C@H](C)c2ccncc2)cc2c1OCCO2. The van der Waals surface area contributed by atoms with Crippen LogP contribution in [0.15, 0.2) is 36.7 Å². The quantitative estimate of drug-likeness (QED) is 0.920. The lowest BCUT2D eigenvalue weighted by atomic mass is 10.1. The van der Waals surface area contributed by atoms with Gasteiger partial charge in [-0.2, -0.15) is 0 Å². The summed E-state index contributed by atoms with van der Waals surface area (Å²) in [6, 6.07) is 8.26. The molecule has 1 aliphatic rings. The number of hydrogen-bond acceptors (Lipinski definition) is 5. The van der Waals surface area contributed by atoms with E-state index in [0.717, 1.165) is 17.9 Å². The number of nitrogens with zero attached hydrogens (tertiary/aromatic N) is 1. The van der Waals surface area contributed by atoms with Crippen molar-refractivity contribution >= 4 is 0 Å². The summed E-state index contributed by atoms with van der Waals surface area (Å²) in [5.41, 5.74) is 2.31. The smallest absolute Gasteiger partial charge is 0.203 e. The van der Waals surface area contributed by atoms with Crippen LogP contribution < -0.4 is 19.5 Å². The molecule has 116 valence electrons. The highest BCUT2D eigenvalue weighted by Gasteiger charge is 2.18. The number of pyridine rings is 1. The number of ether oxygens (including phenoxy) is 3. The molecule has 5 nitrogen and oxygen atoms in total. The molecule has 1 aromatic carbocycles. The molecule has 0 fully saturated rings. The van der Waals surface area contributed by atoms with Crippen LogP contribution >= 0.6 is 0 Å². The topological polar surface area (TPSA) is 52.6 Å². The number of fused-ring (bicyclic) bond motifs is 1. The van der Waals surface area contributed by atoms with Crippen LogP contribution in [0, 0.1) is 0 Å². The van der Waals surface area contributed by atoms with E-state index in [2.05, 4.69) is 17.2 Å². The summed E-state index contributed by atoms with van der Waals surface area (Å²) in [5.74, 6) is 2.16. The van der Waals surface area contributed by atoms with Crippen molar-refractivity contribution < 1.29 is 14.2 Å². The molecule has 2 aromatic rings. The van der Waals surface area contributed by atoms with Crippen LogP contribution in [0.1, 0.15) is 24.1 Å². The zero-order chi connectivity index (χ0) is 15.4. The Kier molecular flexibility index (Phi) is 4.44. The van der Waals surface area contributed by atoms with E-state index >= 15 is 0 Å².